The van der Waals surface area contributed by atoms with Crippen molar-refractivity contribution in [3.8, 4) is 5.75 Å². The summed E-state index contributed by atoms with van der Waals surface area (Å²) in [6, 6.07) is 16.2. The van der Waals surface area contributed by atoms with Crippen LogP contribution in [0.25, 0.3) is 0 Å². The standard InChI is InChI=1S/C25H35BrN2O/c1-2-3-4-5-6-7-8-9-11-22-12-14-23(15-13-22)27-28-24-16-18-25(19-17-24)29-21-10-20-26/h12-19H,2-11,20-21H2,1H3. The maximum atomic E-state index is 5.64. The number of aryl methyl sites for hydroxylation is 1. The third-order valence-corrected chi connectivity index (χ3v) is 5.48. The van der Waals surface area contributed by atoms with Crippen LogP contribution in [0.3, 0.4) is 0 Å². The Bertz CT molecular complexity index is 683. The van der Waals surface area contributed by atoms with E-state index in [0.717, 1.165) is 41.9 Å². The Labute approximate surface area is 185 Å². The highest BCUT2D eigenvalue weighted by molar-refractivity contribution is 9.09. The van der Waals surface area contributed by atoms with Crippen LogP contribution in [0.4, 0.5) is 11.4 Å². The zero-order valence-corrected chi connectivity index (χ0v) is 19.4. The Kier molecular flexibility index (Phi) is 12.4. The van der Waals surface area contributed by atoms with Crippen LogP contribution < -0.4 is 4.74 Å². The molecule has 0 saturated carbocycles. The lowest BCUT2D eigenvalue weighted by atomic mass is 10.0. The summed E-state index contributed by atoms with van der Waals surface area (Å²) >= 11 is 3.40. The highest BCUT2D eigenvalue weighted by Gasteiger charge is 1.97. The number of benzene rings is 2. The molecular weight excluding hydrogens is 424 g/mol. The van der Waals surface area contributed by atoms with E-state index < -0.39 is 0 Å². The van der Waals surface area contributed by atoms with Gasteiger partial charge in [0.15, 0.2) is 0 Å². The number of ether oxygens (including phenoxy) is 1. The Morgan fingerprint density at radius 3 is 1.83 bits per heavy atom. The highest BCUT2D eigenvalue weighted by atomic mass is 79.9. The molecule has 29 heavy (non-hydrogen) atoms. The summed E-state index contributed by atoms with van der Waals surface area (Å²) in [7, 11) is 0. The van der Waals surface area contributed by atoms with Gasteiger partial charge in [-0.2, -0.15) is 10.2 Å². The minimum Gasteiger partial charge on any atom is -0.494 e. The molecule has 0 aliphatic rings. The molecule has 2 aromatic rings. The van der Waals surface area contributed by atoms with Crippen molar-refractivity contribution in [2.45, 2.75) is 71.1 Å². The molecule has 0 amide bonds. The lowest BCUT2D eigenvalue weighted by Crippen LogP contribution is -1.96. The molecule has 0 fully saturated rings. The van der Waals surface area contributed by atoms with Gasteiger partial charge in [-0.15, -0.1) is 0 Å². The van der Waals surface area contributed by atoms with Crippen LogP contribution >= 0.6 is 15.9 Å². The molecule has 0 radical (unpaired) electrons. The number of unbranched alkanes of at least 4 members (excludes halogenated alkanes) is 7. The normalized spacial score (nSPS) is 11.2. The van der Waals surface area contributed by atoms with Crippen molar-refractivity contribution in [2.75, 3.05) is 11.9 Å². The molecule has 0 heterocycles. The van der Waals surface area contributed by atoms with Crippen LogP contribution in [0.15, 0.2) is 58.8 Å². The maximum absolute atomic E-state index is 5.64. The first-order chi connectivity index (χ1) is 14.3. The summed E-state index contributed by atoms with van der Waals surface area (Å²) in [6.07, 6.45) is 13.1. The van der Waals surface area contributed by atoms with Gasteiger partial charge in [0.25, 0.3) is 0 Å². The maximum Gasteiger partial charge on any atom is 0.119 e. The fourth-order valence-corrected chi connectivity index (χ4v) is 3.39. The van der Waals surface area contributed by atoms with Gasteiger partial charge in [0.1, 0.15) is 5.75 Å². The number of rotatable bonds is 15. The molecule has 0 aliphatic heterocycles. The molecule has 0 atom stereocenters. The zero-order valence-electron chi connectivity index (χ0n) is 17.8. The number of hydrogen-bond acceptors (Lipinski definition) is 3. The van der Waals surface area contributed by atoms with Gasteiger partial charge in [0.05, 0.1) is 18.0 Å². The van der Waals surface area contributed by atoms with Gasteiger partial charge in [-0.05, 0) is 61.2 Å². The largest absolute Gasteiger partial charge is 0.494 e. The summed E-state index contributed by atoms with van der Waals surface area (Å²) in [5, 5.41) is 9.62. The van der Waals surface area contributed by atoms with E-state index in [1.54, 1.807) is 0 Å². The van der Waals surface area contributed by atoms with Crippen LogP contribution in [0.5, 0.6) is 5.75 Å². The van der Waals surface area contributed by atoms with Gasteiger partial charge in [0, 0.05) is 5.33 Å². The van der Waals surface area contributed by atoms with Gasteiger partial charge in [-0.25, -0.2) is 0 Å². The van der Waals surface area contributed by atoms with Gasteiger partial charge in [-0.1, -0.05) is 79.9 Å². The van der Waals surface area contributed by atoms with Crippen LogP contribution in [-0.2, 0) is 6.42 Å². The van der Waals surface area contributed by atoms with Crippen LogP contribution in [0.1, 0.15) is 70.3 Å². The van der Waals surface area contributed by atoms with E-state index in [1.165, 1.54) is 56.9 Å². The molecule has 4 heteroatoms. The van der Waals surface area contributed by atoms with E-state index in [-0.39, 0.29) is 0 Å². The van der Waals surface area contributed by atoms with Crippen molar-refractivity contribution in [3.63, 3.8) is 0 Å². The minimum absolute atomic E-state index is 0.720. The Morgan fingerprint density at radius 2 is 1.24 bits per heavy atom. The van der Waals surface area contributed by atoms with Crippen molar-refractivity contribution < 1.29 is 4.74 Å². The highest BCUT2D eigenvalue weighted by Crippen LogP contribution is 2.22. The van der Waals surface area contributed by atoms with Crippen molar-refractivity contribution in [1.29, 1.82) is 0 Å². The first-order valence-electron chi connectivity index (χ1n) is 11.1. The summed E-state index contributed by atoms with van der Waals surface area (Å²) in [4.78, 5) is 0. The summed E-state index contributed by atoms with van der Waals surface area (Å²) < 4.78 is 5.64. The molecule has 2 rings (SSSR count). The quantitative estimate of drug-likeness (QED) is 0.149. The molecule has 0 saturated heterocycles. The van der Waals surface area contributed by atoms with Crippen LogP contribution in [-0.4, -0.2) is 11.9 Å². The third-order valence-electron chi connectivity index (χ3n) is 4.92. The lowest BCUT2D eigenvalue weighted by Gasteiger charge is -2.04. The van der Waals surface area contributed by atoms with E-state index >= 15 is 0 Å². The van der Waals surface area contributed by atoms with E-state index in [9.17, 15) is 0 Å². The van der Waals surface area contributed by atoms with Gasteiger partial charge >= 0.3 is 0 Å². The van der Waals surface area contributed by atoms with Crippen molar-refractivity contribution in [1.82, 2.24) is 0 Å². The predicted octanol–water partition coefficient (Wildman–Crippen LogP) is 8.95. The van der Waals surface area contributed by atoms with Gasteiger partial charge in [0.2, 0.25) is 0 Å². The summed E-state index contributed by atoms with van der Waals surface area (Å²) in [6.45, 7) is 2.99. The molecule has 0 aromatic heterocycles. The first kappa shape index (κ1) is 23.6. The fourth-order valence-electron chi connectivity index (χ4n) is 3.16. The smallest absolute Gasteiger partial charge is 0.119 e. The lowest BCUT2D eigenvalue weighted by molar-refractivity contribution is 0.319. The van der Waals surface area contributed by atoms with Crippen molar-refractivity contribution in [3.05, 3.63) is 54.1 Å². The van der Waals surface area contributed by atoms with Crippen LogP contribution in [0.2, 0.25) is 0 Å². The molecule has 0 N–H and O–H groups in total. The van der Waals surface area contributed by atoms with Crippen molar-refractivity contribution >= 4 is 27.3 Å². The second-order valence-corrected chi connectivity index (χ2v) is 8.27. The predicted molar refractivity (Wildman–Crippen MR) is 127 cm³/mol. The van der Waals surface area contributed by atoms with E-state index in [0.29, 0.717) is 0 Å². The molecule has 0 aliphatic carbocycles. The first-order valence-corrected chi connectivity index (χ1v) is 12.2. The molecule has 0 spiro atoms. The second-order valence-electron chi connectivity index (χ2n) is 7.48. The number of hydrogen-bond donors (Lipinski definition) is 0. The van der Waals surface area contributed by atoms with E-state index in [1.807, 2.05) is 24.3 Å². The molecule has 0 unspecified atom stereocenters. The summed E-state index contributed by atoms with van der Waals surface area (Å²) in [5.74, 6) is 0.871. The minimum atomic E-state index is 0.720. The molecular formula is C25H35BrN2O. The van der Waals surface area contributed by atoms with E-state index in [2.05, 4.69) is 57.3 Å². The number of nitrogens with zero attached hydrogens (tertiary/aromatic N) is 2. The average Bonchev–Trinajstić information content (AvgIpc) is 2.76. The Balaban J connectivity index is 1.67. The fraction of sp³-hybridized carbons (Fsp3) is 0.520. The molecule has 158 valence electrons. The van der Waals surface area contributed by atoms with Crippen LogP contribution in [0, 0.1) is 0 Å². The average molecular weight is 459 g/mol. The SMILES string of the molecule is CCCCCCCCCCc1ccc(N=Nc2ccc(OCCCBr)cc2)cc1. The topological polar surface area (TPSA) is 34.0 Å². The summed E-state index contributed by atoms with van der Waals surface area (Å²) in [5.41, 5.74) is 3.11. The van der Waals surface area contributed by atoms with E-state index in [4.69, 9.17) is 4.74 Å². The number of halogens is 1. The molecule has 2 aromatic carbocycles. The molecule has 0 bridgehead atoms. The van der Waals surface area contributed by atoms with Crippen molar-refractivity contribution in [2.24, 2.45) is 10.2 Å². The number of azo groups is 1. The third kappa shape index (κ3) is 10.6. The van der Waals surface area contributed by atoms with Gasteiger partial charge < -0.3 is 4.74 Å². The van der Waals surface area contributed by atoms with Gasteiger partial charge in [-0.3, -0.25) is 0 Å². The zero-order chi connectivity index (χ0) is 20.6. The Morgan fingerprint density at radius 1 is 0.690 bits per heavy atom. The Hall–Kier alpha value is -1.68. The second kappa shape index (κ2) is 15.2. The molecule has 3 nitrogen and oxygen atoms in total. The monoisotopic (exact) mass is 458 g/mol. The number of alkyl halides is 1.